The smallest absolute Gasteiger partial charge is 0.335 e. The fraction of sp³-hybridized carbons (Fsp3) is 0.500. The van der Waals surface area contributed by atoms with Crippen molar-refractivity contribution in [1.82, 2.24) is 4.31 Å². The molecule has 1 fully saturated rings. The van der Waals surface area contributed by atoms with Gasteiger partial charge in [0.1, 0.15) is 0 Å². The molecule has 1 N–H and O–H groups in total. The molecule has 1 heterocycles. The maximum atomic E-state index is 12.5. The lowest BCUT2D eigenvalue weighted by atomic mass is 10.1. The van der Waals surface area contributed by atoms with Gasteiger partial charge < -0.3 is 5.11 Å². The number of thioether (sulfide) groups is 1. The average molecular weight is 329 g/mol. The zero-order chi connectivity index (χ0) is 15.6. The predicted octanol–water partition coefficient (Wildman–Crippen LogP) is 2.04. The van der Waals surface area contributed by atoms with Crippen LogP contribution in [-0.2, 0) is 15.8 Å². The van der Waals surface area contributed by atoms with Crippen molar-refractivity contribution in [1.29, 1.82) is 0 Å². The van der Waals surface area contributed by atoms with E-state index in [0.29, 0.717) is 18.7 Å². The van der Waals surface area contributed by atoms with E-state index in [1.807, 2.05) is 13.8 Å². The minimum Gasteiger partial charge on any atom is -0.478 e. The first-order valence-electron chi connectivity index (χ1n) is 6.73. The summed E-state index contributed by atoms with van der Waals surface area (Å²) in [7, 11) is -3.36. The second-order valence-electron chi connectivity index (χ2n) is 5.33. The molecule has 2 rings (SSSR count). The minimum absolute atomic E-state index is 0.0863. The Bertz CT molecular complexity index is 602. The third-order valence-corrected chi connectivity index (χ3v) is 6.34. The zero-order valence-corrected chi connectivity index (χ0v) is 13.7. The quantitative estimate of drug-likeness (QED) is 0.915. The molecule has 2 atom stereocenters. The van der Waals surface area contributed by atoms with E-state index >= 15 is 0 Å². The number of aromatic carboxylic acids is 1. The molecule has 0 spiro atoms. The normalized spacial score (nSPS) is 23.9. The van der Waals surface area contributed by atoms with Gasteiger partial charge in [-0.25, -0.2) is 13.2 Å². The van der Waals surface area contributed by atoms with E-state index in [9.17, 15) is 13.2 Å². The van der Waals surface area contributed by atoms with Crippen molar-refractivity contribution in [3.8, 4) is 0 Å². The highest BCUT2D eigenvalue weighted by Gasteiger charge is 2.30. The Morgan fingerprint density at radius 3 is 2.24 bits per heavy atom. The van der Waals surface area contributed by atoms with Crippen LogP contribution in [0.4, 0.5) is 0 Å². The molecule has 21 heavy (non-hydrogen) atoms. The van der Waals surface area contributed by atoms with Gasteiger partial charge in [0.2, 0.25) is 10.0 Å². The Hall–Kier alpha value is -1.05. The topological polar surface area (TPSA) is 74.7 Å². The number of carbonyl (C=O) groups is 1. The molecule has 0 aliphatic carbocycles. The molecular formula is C14H19NO4S2. The highest BCUT2D eigenvalue weighted by Crippen LogP contribution is 2.27. The molecule has 1 aliphatic heterocycles. The molecule has 7 heteroatoms. The Labute approximate surface area is 129 Å². The van der Waals surface area contributed by atoms with Crippen molar-refractivity contribution >= 4 is 27.8 Å². The summed E-state index contributed by atoms with van der Waals surface area (Å²) in [6.07, 6.45) is 0. The van der Waals surface area contributed by atoms with Crippen LogP contribution in [0.1, 0.15) is 29.8 Å². The summed E-state index contributed by atoms with van der Waals surface area (Å²) in [4.78, 5) is 10.8. The Kier molecular flexibility index (Phi) is 4.95. The van der Waals surface area contributed by atoms with Gasteiger partial charge in [0.05, 0.1) is 11.3 Å². The number of sulfonamides is 1. The first-order valence-corrected chi connectivity index (χ1v) is 9.28. The molecule has 1 aromatic carbocycles. The number of rotatable bonds is 4. The lowest BCUT2D eigenvalue weighted by Gasteiger charge is -2.33. The number of nitrogens with zero attached hydrogens (tertiary/aromatic N) is 1. The minimum atomic E-state index is -3.36. The van der Waals surface area contributed by atoms with Gasteiger partial charge in [-0.05, 0) is 17.7 Å². The molecule has 0 bridgehead atoms. The first-order chi connectivity index (χ1) is 9.78. The highest BCUT2D eigenvalue weighted by molar-refractivity contribution is 8.00. The predicted molar refractivity (Wildman–Crippen MR) is 84.1 cm³/mol. The molecule has 1 saturated heterocycles. The zero-order valence-electron chi connectivity index (χ0n) is 12.0. The van der Waals surface area contributed by atoms with E-state index in [1.165, 1.54) is 12.1 Å². The third-order valence-electron chi connectivity index (χ3n) is 3.33. The van der Waals surface area contributed by atoms with Crippen molar-refractivity contribution < 1.29 is 18.3 Å². The second kappa shape index (κ2) is 6.37. The lowest BCUT2D eigenvalue weighted by molar-refractivity contribution is 0.0697. The Balaban J connectivity index is 2.11. The van der Waals surface area contributed by atoms with Crippen LogP contribution in [0.3, 0.4) is 0 Å². The van der Waals surface area contributed by atoms with E-state index in [-0.39, 0.29) is 21.8 Å². The van der Waals surface area contributed by atoms with Gasteiger partial charge >= 0.3 is 5.97 Å². The molecule has 5 nitrogen and oxygen atoms in total. The van der Waals surface area contributed by atoms with Crippen LogP contribution < -0.4 is 0 Å². The van der Waals surface area contributed by atoms with Crippen molar-refractivity contribution in [3.05, 3.63) is 35.4 Å². The fourth-order valence-electron chi connectivity index (χ4n) is 2.40. The average Bonchev–Trinajstić information content (AvgIpc) is 2.37. The van der Waals surface area contributed by atoms with Crippen LogP contribution in [0, 0.1) is 0 Å². The standard InChI is InChI=1S/C14H19NO4S2/c1-10-7-15(8-11(2)20-10)21(18,19)9-12-3-5-13(6-4-12)14(16)17/h3-6,10-11H,7-9H2,1-2H3,(H,16,17). The molecule has 0 aromatic heterocycles. The van der Waals surface area contributed by atoms with Gasteiger partial charge in [0.15, 0.2) is 0 Å². The summed E-state index contributed by atoms with van der Waals surface area (Å²) >= 11 is 1.80. The van der Waals surface area contributed by atoms with Crippen LogP contribution in [-0.4, -0.2) is 47.4 Å². The first kappa shape index (κ1) is 16.3. The fourth-order valence-corrected chi connectivity index (χ4v) is 5.61. The van der Waals surface area contributed by atoms with Crippen LogP contribution >= 0.6 is 11.8 Å². The summed E-state index contributed by atoms with van der Waals surface area (Å²) in [6, 6.07) is 5.99. The lowest BCUT2D eigenvalue weighted by Crippen LogP contribution is -2.44. The molecular weight excluding hydrogens is 310 g/mol. The summed E-state index contributed by atoms with van der Waals surface area (Å²) in [6.45, 7) is 5.13. The SMILES string of the molecule is CC1CN(S(=O)(=O)Cc2ccc(C(=O)O)cc2)CC(C)S1. The van der Waals surface area contributed by atoms with Crippen LogP contribution in [0.2, 0.25) is 0 Å². The maximum absolute atomic E-state index is 12.5. The van der Waals surface area contributed by atoms with Gasteiger partial charge in [0, 0.05) is 23.6 Å². The number of benzene rings is 1. The van der Waals surface area contributed by atoms with Gasteiger partial charge in [-0.3, -0.25) is 0 Å². The molecule has 0 amide bonds. The second-order valence-corrected chi connectivity index (χ2v) is 9.18. The van der Waals surface area contributed by atoms with E-state index in [2.05, 4.69) is 0 Å². The Morgan fingerprint density at radius 2 is 1.76 bits per heavy atom. The van der Waals surface area contributed by atoms with Gasteiger partial charge in [0.25, 0.3) is 0 Å². The van der Waals surface area contributed by atoms with Crippen LogP contribution in [0.25, 0.3) is 0 Å². The van der Waals surface area contributed by atoms with Crippen LogP contribution in [0.5, 0.6) is 0 Å². The summed E-state index contributed by atoms with van der Waals surface area (Å²) in [5, 5.41) is 9.42. The van der Waals surface area contributed by atoms with Crippen molar-refractivity contribution in [2.24, 2.45) is 0 Å². The van der Waals surface area contributed by atoms with Crippen LogP contribution in [0.15, 0.2) is 24.3 Å². The van der Waals surface area contributed by atoms with Crippen molar-refractivity contribution in [2.75, 3.05) is 13.1 Å². The maximum Gasteiger partial charge on any atom is 0.335 e. The summed E-state index contributed by atoms with van der Waals surface area (Å²) in [5.41, 5.74) is 0.770. The molecule has 2 unspecified atom stereocenters. The third kappa shape index (κ3) is 4.21. The monoisotopic (exact) mass is 329 g/mol. The van der Waals surface area contributed by atoms with E-state index < -0.39 is 16.0 Å². The molecule has 116 valence electrons. The van der Waals surface area contributed by atoms with E-state index in [1.54, 1.807) is 28.2 Å². The largest absolute Gasteiger partial charge is 0.478 e. The van der Waals surface area contributed by atoms with E-state index in [0.717, 1.165) is 0 Å². The molecule has 0 saturated carbocycles. The summed E-state index contributed by atoms with van der Waals surface area (Å²) in [5.74, 6) is -1.10. The van der Waals surface area contributed by atoms with E-state index in [4.69, 9.17) is 5.11 Å². The number of hydrogen-bond donors (Lipinski definition) is 1. The van der Waals surface area contributed by atoms with Crippen molar-refractivity contribution in [3.63, 3.8) is 0 Å². The number of carboxylic acids is 1. The van der Waals surface area contributed by atoms with Crippen molar-refractivity contribution in [2.45, 2.75) is 30.1 Å². The highest BCUT2D eigenvalue weighted by atomic mass is 32.2. The molecule has 0 radical (unpaired) electrons. The van der Waals surface area contributed by atoms with Gasteiger partial charge in [-0.15, -0.1) is 0 Å². The van der Waals surface area contributed by atoms with Gasteiger partial charge in [-0.1, -0.05) is 26.0 Å². The molecule has 1 aromatic rings. The Morgan fingerprint density at radius 1 is 1.24 bits per heavy atom. The summed E-state index contributed by atoms with van der Waals surface area (Å²) < 4.78 is 26.5. The number of hydrogen-bond acceptors (Lipinski definition) is 4. The number of carboxylic acid groups (broad SMARTS) is 1. The molecule has 1 aliphatic rings. The van der Waals surface area contributed by atoms with Gasteiger partial charge in [-0.2, -0.15) is 16.1 Å².